The topological polar surface area (TPSA) is 12.0 Å². The van der Waals surface area contributed by atoms with Gasteiger partial charge in [0.15, 0.2) is 0 Å². The van der Waals surface area contributed by atoms with E-state index in [0.29, 0.717) is 18.8 Å². The largest absolute Gasteiger partial charge is 0.316 e. The van der Waals surface area contributed by atoms with Gasteiger partial charge in [0.2, 0.25) is 5.92 Å². The van der Waals surface area contributed by atoms with Crippen LogP contribution in [0.1, 0.15) is 57.8 Å². The highest BCUT2D eigenvalue weighted by Crippen LogP contribution is 2.35. The van der Waals surface area contributed by atoms with Crippen molar-refractivity contribution in [1.82, 2.24) is 5.32 Å². The third-order valence-electron chi connectivity index (χ3n) is 4.43. The van der Waals surface area contributed by atoms with Gasteiger partial charge in [-0.25, -0.2) is 8.78 Å². The van der Waals surface area contributed by atoms with Gasteiger partial charge in [-0.1, -0.05) is 19.3 Å². The van der Waals surface area contributed by atoms with Crippen LogP contribution in [0.3, 0.4) is 0 Å². The van der Waals surface area contributed by atoms with Crippen LogP contribution < -0.4 is 5.32 Å². The summed E-state index contributed by atoms with van der Waals surface area (Å²) in [4.78, 5) is 0. The van der Waals surface area contributed by atoms with Crippen LogP contribution in [0, 0.1) is 11.8 Å². The van der Waals surface area contributed by atoms with Crippen molar-refractivity contribution in [3.63, 3.8) is 0 Å². The molecule has 0 aromatic heterocycles. The van der Waals surface area contributed by atoms with Crippen LogP contribution in [0.4, 0.5) is 8.78 Å². The van der Waals surface area contributed by atoms with Gasteiger partial charge >= 0.3 is 0 Å². The van der Waals surface area contributed by atoms with Crippen LogP contribution in [0.15, 0.2) is 0 Å². The van der Waals surface area contributed by atoms with Gasteiger partial charge in [-0.15, -0.1) is 0 Å². The van der Waals surface area contributed by atoms with Gasteiger partial charge in [0.25, 0.3) is 0 Å². The fourth-order valence-electron chi connectivity index (χ4n) is 3.19. The summed E-state index contributed by atoms with van der Waals surface area (Å²) >= 11 is 0. The van der Waals surface area contributed by atoms with Crippen LogP contribution in [-0.2, 0) is 0 Å². The van der Waals surface area contributed by atoms with Crippen molar-refractivity contribution in [1.29, 1.82) is 0 Å². The maximum atomic E-state index is 13.0. The average Bonchev–Trinajstić information content (AvgIpc) is 2.33. The Kier molecular flexibility index (Phi) is 4.78. The molecule has 0 aromatic carbocycles. The first-order valence-corrected chi connectivity index (χ1v) is 7.24. The number of alkyl halides is 2. The van der Waals surface area contributed by atoms with E-state index in [9.17, 15) is 8.78 Å². The molecule has 0 spiro atoms. The van der Waals surface area contributed by atoms with Crippen molar-refractivity contribution >= 4 is 0 Å². The standard InChI is InChI=1S/C14H25F2N/c15-14(16)8-6-13(7-9-14)11-17-10-12-4-2-1-3-5-12/h12-13,17H,1-11H2. The van der Waals surface area contributed by atoms with Gasteiger partial charge in [0.05, 0.1) is 0 Å². The van der Waals surface area contributed by atoms with Gasteiger partial charge in [0, 0.05) is 12.8 Å². The second-order valence-electron chi connectivity index (χ2n) is 5.96. The molecule has 17 heavy (non-hydrogen) atoms. The second kappa shape index (κ2) is 6.12. The Labute approximate surface area is 103 Å². The minimum Gasteiger partial charge on any atom is -0.316 e. The Bertz CT molecular complexity index is 214. The maximum absolute atomic E-state index is 13.0. The van der Waals surface area contributed by atoms with E-state index in [2.05, 4.69) is 5.32 Å². The summed E-state index contributed by atoms with van der Waals surface area (Å²) in [5, 5.41) is 3.51. The molecule has 0 radical (unpaired) electrons. The Morgan fingerprint density at radius 2 is 1.35 bits per heavy atom. The van der Waals surface area contributed by atoms with Gasteiger partial charge in [-0.3, -0.25) is 0 Å². The van der Waals surface area contributed by atoms with Crippen molar-refractivity contribution in [2.75, 3.05) is 13.1 Å². The molecular weight excluding hydrogens is 220 g/mol. The van der Waals surface area contributed by atoms with Crippen LogP contribution in [0.25, 0.3) is 0 Å². The van der Waals surface area contributed by atoms with Crippen molar-refractivity contribution in [2.24, 2.45) is 11.8 Å². The Morgan fingerprint density at radius 3 is 1.94 bits per heavy atom. The number of rotatable bonds is 4. The summed E-state index contributed by atoms with van der Waals surface area (Å²) < 4.78 is 25.9. The minimum atomic E-state index is -2.38. The summed E-state index contributed by atoms with van der Waals surface area (Å²) in [5.41, 5.74) is 0. The monoisotopic (exact) mass is 245 g/mol. The fourth-order valence-corrected chi connectivity index (χ4v) is 3.19. The lowest BCUT2D eigenvalue weighted by molar-refractivity contribution is -0.0455. The zero-order valence-electron chi connectivity index (χ0n) is 10.7. The molecule has 2 fully saturated rings. The lowest BCUT2D eigenvalue weighted by atomic mass is 9.86. The number of hydrogen-bond acceptors (Lipinski definition) is 1. The highest BCUT2D eigenvalue weighted by Gasteiger charge is 2.34. The summed E-state index contributed by atoms with van der Waals surface area (Å²) in [6.45, 7) is 2.06. The highest BCUT2D eigenvalue weighted by molar-refractivity contribution is 4.79. The molecule has 0 heterocycles. The number of halogens is 2. The smallest absolute Gasteiger partial charge is 0.248 e. The highest BCUT2D eigenvalue weighted by atomic mass is 19.3. The van der Waals surface area contributed by atoms with Gasteiger partial charge in [-0.05, 0) is 50.6 Å². The van der Waals surface area contributed by atoms with E-state index in [-0.39, 0.29) is 12.8 Å². The molecule has 0 amide bonds. The van der Waals surface area contributed by atoms with E-state index >= 15 is 0 Å². The average molecular weight is 245 g/mol. The molecule has 1 nitrogen and oxygen atoms in total. The van der Waals surface area contributed by atoms with Crippen molar-refractivity contribution < 1.29 is 8.78 Å². The third kappa shape index (κ3) is 4.53. The third-order valence-corrected chi connectivity index (χ3v) is 4.43. The zero-order valence-corrected chi connectivity index (χ0v) is 10.7. The molecule has 100 valence electrons. The zero-order chi connectivity index (χ0) is 12.1. The molecule has 0 aliphatic heterocycles. The van der Waals surface area contributed by atoms with Gasteiger partial charge < -0.3 is 5.32 Å². The van der Waals surface area contributed by atoms with Crippen LogP contribution in [0.2, 0.25) is 0 Å². The predicted octanol–water partition coefficient (Wildman–Crippen LogP) is 3.98. The fraction of sp³-hybridized carbons (Fsp3) is 1.00. The summed E-state index contributed by atoms with van der Waals surface area (Å²) in [5.74, 6) is -1.05. The van der Waals surface area contributed by atoms with E-state index in [1.807, 2.05) is 0 Å². The Hall–Kier alpha value is -0.180. The van der Waals surface area contributed by atoms with Gasteiger partial charge in [0.1, 0.15) is 0 Å². The van der Waals surface area contributed by atoms with E-state index in [1.54, 1.807) is 0 Å². The van der Waals surface area contributed by atoms with E-state index in [1.165, 1.54) is 32.1 Å². The predicted molar refractivity (Wildman–Crippen MR) is 66.3 cm³/mol. The summed E-state index contributed by atoms with van der Waals surface area (Å²) in [6, 6.07) is 0. The number of hydrogen-bond donors (Lipinski definition) is 1. The quantitative estimate of drug-likeness (QED) is 0.790. The molecule has 2 aliphatic carbocycles. The van der Waals surface area contributed by atoms with E-state index < -0.39 is 5.92 Å². The molecule has 0 aromatic rings. The molecule has 3 heteroatoms. The second-order valence-corrected chi connectivity index (χ2v) is 5.96. The van der Waals surface area contributed by atoms with Crippen molar-refractivity contribution in [2.45, 2.75) is 63.7 Å². The van der Waals surface area contributed by atoms with Crippen molar-refractivity contribution in [3.05, 3.63) is 0 Å². The minimum absolute atomic E-state index is 0.1000. The normalized spacial score (nSPS) is 27.2. The SMILES string of the molecule is FC1(F)CCC(CNCC2CCCCC2)CC1. The Balaban J connectivity index is 1.56. The van der Waals surface area contributed by atoms with E-state index in [4.69, 9.17) is 0 Å². The first-order valence-electron chi connectivity index (χ1n) is 7.24. The molecule has 0 atom stereocenters. The maximum Gasteiger partial charge on any atom is 0.248 e. The lowest BCUT2D eigenvalue weighted by Gasteiger charge is -2.29. The first-order chi connectivity index (χ1) is 8.16. The van der Waals surface area contributed by atoms with Crippen molar-refractivity contribution in [3.8, 4) is 0 Å². The molecule has 0 bridgehead atoms. The molecule has 0 saturated heterocycles. The van der Waals surface area contributed by atoms with Gasteiger partial charge in [-0.2, -0.15) is 0 Å². The molecule has 2 aliphatic rings. The number of nitrogens with one attached hydrogen (secondary N) is 1. The van der Waals surface area contributed by atoms with E-state index in [0.717, 1.165) is 19.0 Å². The molecular formula is C14H25F2N. The molecule has 0 unspecified atom stereocenters. The molecule has 1 N–H and O–H groups in total. The molecule has 2 saturated carbocycles. The summed E-state index contributed by atoms with van der Waals surface area (Å²) in [6.07, 6.45) is 8.46. The van der Waals surface area contributed by atoms with Crippen LogP contribution in [0.5, 0.6) is 0 Å². The van der Waals surface area contributed by atoms with Crippen LogP contribution in [-0.4, -0.2) is 19.0 Å². The Morgan fingerprint density at radius 1 is 0.824 bits per heavy atom. The van der Waals surface area contributed by atoms with Crippen LogP contribution >= 0.6 is 0 Å². The molecule has 2 rings (SSSR count). The lowest BCUT2D eigenvalue weighted by Crippen LogP contribution is -2.33. The summed E-state index contributed by atoms with van der Waals surface area (Å²) in [7, 11) is 0. The first kappa shape index (κ1) is 13.3.